The number of ether oxygens (including phenoxy) is 3. The third-order valence-electron chi connectivity index (χ3n) is 4.08. The lowest BCUT2D eigenvalue weighted by Crippen LogP contribution is -2.35. The molecule has 1 aliphatic rings. The van der Waals surface area contributed by atoms with Gasteiger partial charge in [-0.05, 0) is 30.0 Å². The van der Waals surface area contributed by atoms with Gasteiger partial charge in [-0.25, -0.2) is 0 Å². The summed E-state index contributed by atoms with van der Waals surface area (Å²) in [5.74, 6) is 0.854. The molecule has 1 fully saturated rings. The van der Waals surface area contributed by atoms with Crippen LogP contribution in [0.1, 0.15) is 5.56 Å². The second-order valence-corrected chi connectivity index (χ2v) is 5.83. The van der Waals surface area contributed by atoms with E-state index in [-0.39, 0.29) is 5.75 Å². The molecule has 130 valence electrons. The van der Waals surface area contributed by atoms with Gasteiger partial charge in [0, 0.05) is 6.07 Å². The van der Waals surface area contributed by atoms with Crippen LogP contribution in [0, 0.1) is 6.92 Å². The Morgan fingerprint density at radius 3 is 2.50 bits per heavy atom. The van der Waals surface area contributed by atoms with E-state index >= 15 is 0 Å². The van der Waals surface area contributed by atoms with E-state index in [1.165, 1.54) is 7.11 Å². The molecule has 7 nitrogen and oxygen atoms in total. The van der Waals surface area contributed by atoms with E-state index in [4.69, 9.17) is 19.3 Å². The summed E-state index contributed by atoms with van der Waals surface area (Å²) in [6.07, 6.45) is -4.53. The Balaban J connectivity index is 1.96. The number of aliphatic hydroxyl groups is 3. The average Bonchev–Trinajstić information content (AvgIpc) is 2.81. The van der Waals surface area contributed by atoms with Crippen molar-refractivity contribution in [1.29, 1.82) is 0 Å². The van der Waals surface area contributed by atoms with Crippen LogP contribution in [0.25, 0.3) is 10.8 Å². The molecule has 2 aromatic rings. The maximum atomic E-state index is 10.1. The number of phenolic OH excluding ortho intramolecular Hbond substituents is 1. The molecule has 4 atom stereocenters. The highest BCUT2D eigenvalue weighted by Crippen LogP contribution is 2.38. The van der Waals surface area contributed by atoms with Crippen LogP contribution in [0.4, 0.5) is 0 Å². The molecule has 0 bridgehead atoms. The van der Waals surface area contributed by atoms with Crippen LogP contribution in [0.2, 0.25) is 0 Å². The Morgan fingerprint density at radius 2 is 1.88 bits per heavy atom. The molecule has 2 aromatic carbocycles. The van der Waals surface area contributed by atoms with Crippen molar-refractivity contribution in [3.63, 3.8) is 0 Å². The fourth-order valence-electron chi connectivity index (χ4n) is 2.90. The molecule has 0 aliphatic carbocycles. The Kier molecular flexibility index (Phi) is 4.51. The van der Waals surface area contributed by atoms with Gasteiger partial charge in [-0.1, -0.05) is 6.07 Å². The Morgan fingerprint density at radius 1 is 1.12 bits per heavy atom. The Labute approximate surface area is 138 Å². The minimum atomic E-state index is -1.28. The Bertz CT molecular complexity index is 745. The quantitative estimate of drug-likeness (QED) is 0.650. The van der Waals surface area contributed by atoms with Crippen molar-refractivity contribution in [2.45, 2.75) is 31.5 Å². The number of hydrogen-bond acceptors (Lipinski definition) is 7. The van der Waals surface area contributed by atoms with Gasteiger partial charge >= 0.3 is 0 Å². The third kappa shape index (κ3) is 2.87. The number of fused-ring (bicyclic) bond motifs is 1. The molecule has 0 amide bonds. The number of rotatable bonds is 4. The third-order valence-corrected chi connectivity index (χ3v) is 4.08. The first kappa shape index (κ1) is 16.8. The van der Waals surface area contributed by atoms with Crippen LogP contribution in [0.5, 0.6) is 17.2 Å². The predicted molar refractivity (Wildman–Crippen MR) is 85.3 cm³/mol. The average molecular weight is 336 g/mol. The number of benzene rings is 2. The van der Waals surface area contributed by atoms with Crippen molar-refractivity contribution in [1.82, 2.24) is 0 Å². The summed E-state index contributed by atoms with van der Waals surface area (Å²) < 4.78 is 16.2. The van der Waals surface area contributed by atoms with Gasteiger partial charge in [-0.3, -0.25) is 0 Å². The maximum absolute atomic E-state index is 10.1. The second kappa shape index (κ2) is 6.45. The highest BCUT2D eigenvalue weighted by molar-refractivity contribution is 5.95. The summed E-state index contributed by atoms with van der Waals surface area (Å²) in [5.41, 5.74) is 0.868. The van der Waals surface area contributed by atoms with Gasteiger partial charge in [-0.15, -0.1) is 0 Å². The van der Waals surface area contributed by atoms with Crippen molar-refractivity contribution < 1.29 is 34.6 Å². The molecule has 1 aliphatic heterocycles. The van der Waals surface area contributed by atoms with Gasteiger partial charge in [0.25, 0.3) is 0 Å². The molecule has 0 saturated carbocycles. The summed E-state index contributed by atoms with van der Waals surface area (Å²) in [7, 11) is 1.48. The molecule has 3 rings (SSSR count). The first-order valence-electron chi connectivity index (χ1n) is 7.55. The lowest BCUT2D eigenvalue weighted by atomic mass is 10.0. The number of aromatic hydroxyl groups is 1. The van der Waals surface area contributed by atoms with Crippen LogP contribution >= 0.6 is 0 Å². The number of phenols is 1. The molecule has 4 N–H and O–H groups in total. The molecule has 0 radical (unpaired) electrons. The van der Waals surface area contributed by atoms with Crippen molar-refractivity contribution in [2.24, 2.45) is 0 Å². The normalized spacial score (nSPS) is 26.7. The van der Waals surface area contributed by atoms with E-state index in [1.54, 1.807) is 18.2 Å². The van der Waals surface area contributed by atoms with Crippen molar-refractivity contribution in [2.75, 3.05) is 13.7 Å². The number of aliphatic hydroxyl groups excluding tert-OH is 3. The summed E-state index contributed by atoms with van der Waals surface area (Å²) in [6.45, 7) is 1.43. The van der Waals surface area contributed by atoms with Gasteiger partial charge in [0.2, 0.25) is 6.29 Å². The molecular formula is C17H20O7. The SMILES string of the molecule is COc1cc(O[C@@H]2O[C@H](CO)[C@@H](O)[C@H]2O)cc2cc(C)cc(O)c12. The van der Waals surface area contributed by atoms with Gasteiger partial charge in [0.05, 0.1) is 19.1 Å². The summed E-state index contributed by atoms with van der Waals surface area (Å²) in [4.78, 5) is 0. The smallest absolute Gasteiger partial charge is 0.229 e. The summed E-state index contributed by atoms with van der Waals surface area (Å²) in [5, 5.41) is 40.3. The molecular weight excluding hydrogens is 316 g/mol. The minimum absolute atomic E-state index is 0.0984. The van der Waals surface area contributed by atoms with E-state index in [0.717, 1.165) is 5.56 Å². The van der Waals surface area contributed by atoms with Crippen molar-refractivity contribution in [3.8, 4) is 17.2 Å². The van der Waals surface area contributed by atoms with Crippen LogP contribution in [-0.4, -0.2) is 58.7 Å². The van der Waals surface area contributed by atoms with Crippen LogP contribution in [0.3, 0.4) is 0 Å². The second-order valence-electron chi connectivity index (χ2n) is 5.83. The van der Waals surface area contributed by atoms with E-state index in [0.29, 0.717) is 22.3 Å². The minimum Gasteiger partial charge on any atom is -0.507 e. The van der Waals surface area contributed by atoms with E-state index in [9.17, 15) is 15.3 Å². The van der Waals surface area contributed by atoms with Gasteiger partial charge in [0.1, 0.15) is 35.6 Å². The zero-order valence-corrected chi connectivity index (χ0v) is 13.3. The lowest BCUT2D eigenvalue weighted by molar-refractivity contribution is -0.116. The first-order valence-corrected chi connectivity index (χ1v) is 7.55. The fourth-order valence-corrected chi connectivity index (χ4v) is 2.90. The largest absolute Gasteiger partial charge is 0.507 e. The summed E-state index contributed by atoms with van der Waals surface area (Å²) >= 11 is 0. The van der Waals surface area contributed by atoms with E-state index in [2.05, 4.69) is 0 Å². The van der Waals surface area contributed by atoms with Gasteiger partial charge < -0.3 is 34.6 Å². The van der Waals surface area contributed by atoms with Crippen LogP contribution in [-0.2, 0) is 4.74 Å². The Hall–Kier alpha value is -2.06. The van der Waals surface area contributed by atoms with Gasteiger partial charge in [0.15, 0.2) is 0 Å². The highest BCUT2D eigenvalue weighted by Gasteiger charge is 2.44. The molecule has 24 heavy (non-hydrogen) atoms. The fraction of sp³-hybridized carbons (Fsp3) is 0.412. The van der Waals surface area contributed by atoms with Gasteiger partial charge in [-0.2, -0.15) is 0 Å². The molecule has 1 heterocycles. The zero-order chi connectivity index (χ0) is 17.4. The topological polar surface area (TPSA) is 109 Å². The van der Waals surface area contributed by atoms with E-state index in [1.807, 2.05) is 13.0 Å². The first-order chi connectivity index (χ1) is 11.4. The summed E-state index contributed by atoms with van der Waals surface area (Å²) in [6, 6.07) is 6.74. The van der Waals surface area contributed by atoms with E-state index < -0.39 is 31.2 Å². The molecule has 0 unspecified atom stereocenters. The predicted octanol–water partition coefficient (Wildman–Crippen LogP) is 0.680. The molecule has 1 saturated heterocycles. The maximum Gasteiger partial charge on any atom is 0.229 e. The zero-order valence-electron chi connectivity index (χ0n) is 13.3. The lowest BCUT2D eigenvalue weighted by Gasteiger charge is -2.18. The molecule has 7 heteroatoms. The molecule has 0 aromatic heterocycles. The van der Waals surface area contributed by atoms with Crippen LogP contribution in [0.15, 0.2) is 24.3 Å². The van der Waals surface area contributed by atoms with Crippen molar-refractivity contribution >= 4 is 10.8 Å². The van der Waals surface area contributed by atoms with Crippen LogP contribution < -0.4 is 9.47 Å². The van der Waals surface area contributed by atoms with Crippen molar-refractivity contribution in [3.05, 3.63) is 29.8 Å². The number of aryl methyl sites for hydroxylation is 1. The monoisotopic (exact) mass is 336 g/mol. The highest BCUT2D eigenvalue weighted by atomic mass is 16.7. The number of hydrogen-bond donors (Lipinski definition) is 4. The molecule has 0 spiro atoms. The standard InChI is InChI=1S/C17H20O7/c1-8-3-9-5-10(6-12(22-2)14(9)11(19)4-8)23-17-16(21)15(20)13(7-18)24-17/h3-6,13,15-21H,7H2,1-2H3/t13-,15-,16-,17-/m1/s1. The number of methoxy groups -OCH3 is 1.